The molecule has 4 saturated heterocycles. The highest BCUT2D eigenvalue weighted by molar-refractivity contribution is 5.86. The van der Waals surface area contributed by atoms with E-state index in [9.17, 15) is 29.4 Å². The molecule has 4 rings (SSSR count). The lowest BCUT2D eigenvalue weighted by Crippen LogP contribution is -2.64. The maximum absolute atomic E-state index is 13.0. The fourth-order valence-corrected chi connectivity index (χ4v) is 4.78. The van der Waals surface area contributed by atoms with Gasteiger partial charge in [-0.05, 0) is 12.8 Å². The van der Waals surface area contributed by atoms with Crippen LogP contribution < -0.4 is 0 Å². The van der Waals surface area contributed by atoms with E-state index >= 15 is 0 Å². The molecule has 12 heteroatoms. The van der Waals surface area contributed by atoms with Crippen LogP contribution in [-0.2, 0) is 9.59 Å². The second-order valence-electron chi connectivity index (χ2n) is 7.54. The molecular weight excluding hydrogens is 372 g/mol. The van der Waals surface area contributed by atoms with Gasteiger partial charge >= 0.3 is 24.0 Å². The summed E-state index contributed by atoms with van der Waals surface area (Å²) in [5.74, 6) is -1.98. The Hall–Kier alpha value is -2.60. The molecule has 0 radical (unpaired) electrons. The second-order valence-corrected chi connectivity index (χ2v) is 7.54. The van der Waals surface area contributed by atoms with E-state index in [-0.39, 0.29) is 38.7 Å². The van der Waals surface area contributed by atoms with Gasteiger partial charge in [-0.25, -0.2) is 9.59 Å². The van der Waals surface area contributed by atoms with E-state index in [1.807, 2.05) is 0 Å². The molecule has 0 aromatic heterocycles. The van der Waals surface area contributed by atoms with Crippen molar-refractivity contribution >= 4 is 24.0 Å². The predicted octanol–water partition coefficient (Wildman–Crippen LogP) is -0.699. The number of hydrogen-bond acceptors (Lipinski definition) is 6. The number of carboxylic acids is 2. The summed E-state index contributed by atoms with van der Waals surface area (Å²) in [6.07, 6.45) is -0.249. The van der Waals surface area contributed by atoms with Crippen molar-refractivity contribution in [3.05, 3.63) is 0 Å². The van der Waals surface area contributed by atoms with Crippen LogP contribution in [-0.4, -0.2) is 115 Å². The highest BCUT2D eigenvalue weighted by atomic mass is 16.4. The van der Waals surface area contributed by atoms with Crippen LogP contribution in [0.1, 0.15) is 26.7 Å². The molecule has 0 aliphatic carbocycles. The second kappa shape index (κ2) is 6.48. The van der Waals surface area contributed by atoms with E-state index in [1.54, 1.807) is 23.6 Å². The van der Waals surface area contributed by atoms with Gasteiger partial charge in [0.1, 0.15) is 12.1 Å². The molecule has 4 aliphatic heterocycles. The van der Waals surface area contributed by atoms with Crippen LogP contribution in [0.5, 0.6) is 0 Å². The first-order chi connectivity index (χ1) is 13.3. The van der Waals surface area contributed by atoms with Gasteiger partial charge in [0.25, 0.3) is 0 Å². The van der Waals surface area contributed by atoms with Gasteiger partial charge in [0.05, 0.1) is 26.7 Å². The molecular formula is C16H24N6O6. The number of aliphatic carboxylic acids is 2. The third-order valence-electron chi connectivity index (χ3n) is 6.09. The molecule has 0 bridgehead atoms. The Morgan fingerprint density at radius 1 is 0.786 bits per heavy atom. The van der Waals surface area contributed by atoms with Crippen molar-refractivity contribution in [3.8, 4) is 0 Å². The van der Waals surface area contributed by atoms with Crippen LogP contribution in [0, 0.1) is 0 Å². The molecule has 2 N–H and O–H groups in total. The summed E-state index contributed by atoms with van der Waals surface area (Å²) in [5, 5.41) is 18.9. The van der Waals surface area contributed by atoms with E-state index < -0.39 is 36.4 Å². The van der Waals surface area contributed by atoms with Crippen molar-refractivity contribution in [2.24, 2.45) is 0 Å². The number of amides is 4. The monoisotopic (exact) mass is 396 g/mol. The highest BCUT2D eigenvalue weighted by Crippen LogP contribution is 2.40. The summed E-state index contributed by atoms with van der Waals surface area (Å²) in [7, 11) is 0. The molecule has 0 aromatic rings. The molecule has 4 aliphatic rings. The number of nitrogens with zero attached hydrogens (tertiary/aromatic N) is 6. The molecule has 4 fully saturated rings. The van der Waals surface area contributed by atoms with Gasteiger partial charge in [0, 0.05) is 0 Å². The third-order valence-corrected chi connectivity index (χ3v) is 6.09. The minimum absolute atomic E-state index is 0.120. The van der Waals surface area contributed by atoms with Crippen molar-refractivity contribution in [1.29, 1.82) is 0 Å². The Labute approximate surface area is 161 Å². The third kappa shape index (κ3) is 2.44. The Bertz CT molecular complexity index is 640. The van der Waals surface area contributed by atoms with Crippen molar-refractivity contribution in [1.82, 2.24) is 29.4 Å². The molecule has 28 heavy (non-hydrogen) atoms. The Kier molecular flexibility index (Phi) is 4.34. The largest absolute Gasteiger partial charge is 0.480 e. The first-order valence-electron chi connectivity index (χ1n) is 9.38. The van der Waals surface area contributed by atoms with Crippen LogP contribution in [0.15, 0.2) is 0 Å². The van der Waals surface area contributed by atoms with E-state index in [2.05, 4.69) is 0 Å². The number of carbonyl (C=O) groups is 4. The topological polar surface area (TPSA) is 128 Å². The quantitative estimate of drug-likeness (QED) is 0.603. The maximum Gasteiger partial charge on any atom is 0.325 e. The Morgan fingerprint density at radius 3 is 1.29 bits per heavy atom. The molecule has 2 unspecified atom stereocenters. The normalized spacial score (nSPS) is 29.4. The van der Waals surface area contributed by atoms with Crippen LogP contribution in [0.3, 0.4) is 0 Å². The van der Waals surface area contributed by atoms with Crippen molar-refractivity contribution in [3.63, 3.8) is 0 Å². The van der Waals surface area contributed by atoms with Gasteiger partial charge in [-0.15, -0.1) is 0 Å². The van der Waals surface area contributed by atoms with Gasteiger partial charge in [0.2, 0.25) is 0 Å². The van der Waals surface area contributed by atoms with Crippen LogP contribution in [0.25, 0.3) is 0 Å². The zero-order chi connectivity index (χ0) is 20.3. The van der Waals surface area contributed by atoms with E-state index in [0.717, 1.165) is 0 Å². The minimum atomic E-state index is -0.991. The van der Waals surface area contributed by atoms with Gasteiger partial charge in [-0.3, -0.25) is 39.0 Å². The number of urea groups is 2. The molecule has 0 saturated carbocycles. The maximum atomic E-state index is 13.0. The summed E-state index contributed by atoms with van der Waals surface area (Å²) < 4.78 is 0. The van der Waals surface area contributed by atoms with Gasteiger partial charge < -0.3 is 10.2 Å². The molecule has 12 nitrogen and oxygen atoms in total. The lowest BCUT2D eigenvalue weighted by Gasteiger charge is -2.44. The molecule has 4 amide bonds. The fraction of sp³-hybridized carbons (Fsp3) is 0.750. The highest BCUT2D eigenvalue weighted by Gasteiger charge is 2.64. The standard InChI is InChI=1S/C16H24N6O6/c1-3-9(13(23)24)17-5-19-11-12-21(15(19)27)7-18(10(4-2)14(25)26)8-22(12)16(28)20(11)6-17/h9-12H,3-8H2,1-2H3,(H,23,24)(H,25,26). The van der Waals surface area contributed by atoms with Crippen molar-refractivity contribution in [2.75, 3.05) is 26.7 Å². The lowest BCUT2D eigenvalue weighted by molar-refractivity contribution is -0.149. The van der Waals surface area contributed by atoms with E-state index in [4.69, 9.17) is 0 Å². The predicted molar refractivity (Wildman–Crippen MR) is 92.3 cm³/mol. The van der Waals surface area contributed by atoms with E-state index in [1.165, 1.54) is 19.6 Å². The average Bonchev–Trinajstić information content (AvgIpc) is 3.09. The number of rotatable bonds is 6. The Balaban J connectivity index is 1.64. The van der Waals surface area contributed by atoms with Crippen LogP contribution in [0.2, 0.25) is 0 Å². The van der Waals surface area contributed by atoms with Crippen molar-refractivity contribution < 1.29 is 29.4 Å². The fourth-order valence-electron chi connectivity index (χ4n) is 4.78. The van der Waals surface area contributed by atoms with Crippen LogP contribution >= 0.6 is 0 Å². The molecule has 0 aromatic carbocycles. The van der Waals surface area contributed by atoms with Gasteiger partial charge in [-0.1, -0.05) is 13.8 Å². The minimum Gasteiger partial charge on any atom is -0.480 e. The lowest BCUT2D eigenvalue weighted by atomic mass is 10.2. The molecule has 0 spiro atoms. The Morgan fingerprint density at radius 2 is 1.07 bits per heavy atom. The molecule has 4 heterocycles. The average molecular weight is 396 g/mol. The van der Waals surface area contributed by atoms with Gasteiger partial charge in [-0.2, -0.15) is 0 Å². The zero-order valence-corrected chi connectivity index (χ0v) is 15.8. The SMILES string of the molecule is CCC(C(=O)O)N1CN2C(=O)N3CN(C(CC)C(=O)O)CN4C(=O)N(C1)C2C34. The summed E-state index contributed by atoms with van der Waals surface area (Å²) in [4.78, 5) is 58.5. The number of carboxylic acid groups (broad SMARTS) is 2. The summed E-state index contributed by atoms with van der Waals surface area (Å²) in [6.45, 7) is 3.98. The molecule has 2 atom stereocenters. The first kappa shape index (κ1) is 18.7. The summed E-state index contributed by atoms with van der Waals surface area (Å²) >= 11 is 0. The van der Waals surface area contributed by atoms with Crippen molar-refractivity contribution in [2.45, 2.75) is 51.1 Å². The smallest absolute Gasteiger partial charge is 0.325 e. The number of carbonyl (C=O) groups excluding carboxylic acids is 2. The van der Waals surface area contributed by atoms with Crippen LogP contribution in [0.4, 0.5) is 9.59 Å². The molecule has 154 valence electrons. The summed E-state index contributed by atoms with van der Waals surface area (Å²) in [5.41, 5.74) is 0. The zero-order valence-electron chi connectivity index (χ0n) is 15.8. The van der Waals surface area contributed by atoms with Gasteiger partial charge in [0.15, 0.2) is 12.3 Å². The number of hydrogen-bond donors (Lipinski definition) is 2. The van der Waals surface area contributed by atoms with E-state index in [0.29, 0.717) is 12.8 Å². The first-order valence-corrected chi connectivity index (χ1v) is 9.38. The summed E-state index contributed by atoms with van der Waals surface area (Å²) in [6, 6.07) is -2.21.